The molecular weight excluding hydrogens is 378 g/mol. The van der Waals surface area contributed by atoms with Crippen molar-refractivity contribution in [3.8, 4) is 0 Å². The largest absolute Gasteiger partial charge is 0.353 e. The normalized spacial score (nSPS) is 17.0. The molecule has 1 N–H and O–H groups in total. The van der Waals surface area contributed by atoms with Gasteiger partial charge in [-0.25, -0.2) is 0 Å². The zero-order valence-electron chi connectivity index (χ0n) is 16.8. The van der Waals surface area contributed by atoms with Crippen molar-refractivity contribution in [2.75, 3.05) is 18.5 Å². The lowest BCUT2D eigenvalue weighted by Crippen LogP contribution is -2.22. The van der Waals surface area contributed by atoms with Crippen LogP contribution in [0.5, 0.6) is 0 Å². The first kappa shape index (κ1) is 21.4. The van der Waals surface area contributed by atoms with Gasteiger partial charge in [-0.1, -0.05) is 85.1 Å². The maximum Gasteiger partial charge on any atom is 0.157 e. The summed E-state index contributed by atoms with van der Waals surface area (Å²) in [6, 6.07) is 18.5. The lowest BCUT2D eigenvalue weighted by Gasteiger charge is -2.21. The molecule has 1 aliphatic rings. The highest BCUT2D eigenvalue weighted by atomic mass is 32.1. The second-order valence-corrected chi connectivity index (χ2v) is 7.51. The van der Waals surface area contributed by atoms with Gasteiger partial charge in [0.05, 0.1) is 11.6 Å². The van der Waals surface area contributed by atoms with E-state index in [0.717, 1.165) is 48.5 Å². The number of para-hydroxylation sites is 1. The Bertz CT molecular complexity index is 811. The van der Waals surface area contributed by atoms with Crippen molar-refractivity contribution in [3.63, 3.8) is 0 Å². The smallest absolute Gasteiger partial charge is 0.157 e. The average Bonchev–Trinajstić information content (AvgIpc) is 2.77. The minimum absolute atomic E-state index is 0.0571. The van der Waals surface area contributed by atoms with Gasteiger partial charge >= 0.3 is 0 Å². The molecule has 1 heterocycles. The summed E-state index contributed by atoms with van der Waals surface area (Å²) in [6.45, 7) is 1.35. The lowest BCUT2D eigenvalue weighted by atomic mass is 10.1. The van der Waals surface area contributed by atoms with E-state index in [1.165, 1.54) is 12.0 Å². The fourth-order valence-corrected chi connectivity index (χ4v) is 3.38. The highest BCUT2D eigenvalue weighted by Gasteiger charge is 2.12. The van der Waals surface area contributed by atoms with E-state index in [2.05, 4.69) is 47.8 Å². The Morgan fingerprint density at radius 2 is 1.86 bits per heavy atom. The molecule has 0 spiro atoms. The Balaban J connectivity index is 1.44. The van der Waals surface area contributed by atoms with E-state index in [9.17, 15) is 0 Å². The monoisotopic (exact) mass is 407 g/mol. The predicted molar refractivity (Wildman–Crippen MR) is 126 cm³/mol. The molecule has 2 aromatic carbocycles. The van der Waals surface area contributed by atoms with Crippen LogP contribution < -0.4 is 5.32 Å². The van der Waals surface area contributed by atoms with Gasteiger partial charge in [0.2, 0.25) is 0 Å². The number of ether oxygens (including phenoxy) is 2. The molecule has 1 unspecified atom stereocenters. The summed E-state index contributed by atoms with van der Waals surface area (Å²) >= 11 is 5.54. The predicted octanol–water partition coefficient (Wildman–Crippen LogP) is 6.48. The maximum absolute atomic E-state index is 5.76. The van der Waals surface area contributed by atoms with Crippen molar-refractivity contribution >= 4 is 35.0 Å². The molecule has 0 aliphatic carbocycles. The van der Waals surface area contributed by atoms with E-state index in [1.807, 2.05) is 36.4 Å². The van der Waals surface area contributed by atoms with Gasteiger partial charge < -0.3 is 14.8 Å². The minimum Gasteiger partial charge on any atom is -0.353 e. The van der Waals surface area contributed by atoms with Crippen LogP contribution in [0.15, 0.2) is 66.7 Å². The molecule has 29 heavy (non-hydrogen) atoms. The van der Waals surface area contributed by atoms with Crippen LogP contribution in [0, 0.1) is 0 Å². The van der Waals surface area contributed by atoms with Crippen molar-refractivity contribution in [2.24, 2.45) is 0 Å². The van der Waals surface area contributed by atoms with E-state index >= 15 is 0 Å². The molecule has 1 atom stereocenters. The van der Waals surface area contributed by atoms with Crippen LogP contribution in [-0.2, 0) is 9.47 Å². The highest BCUT2D eigenvalue weighted by Crippen LogP contribution is 2.18. The molecule has 0 bridgehead atoms. The molecule has 1 aliphatic heterocycles. The number of hydrogen-bond donors (Lipinski definition) is 1. The minimum atomic E-state index is -0.0571. The third-order valence-corrected chi connectivity index (χ3v) is 5.00. The van der Waals surface area contributed by atoms with E-state index in [-0.39, 0.29) is 6.29 Å². The van der Waals surface area contributed by atoms with E-state index in [0.29, 0.717) is 6.61 Å². The van der Waals surface area contributed by atoms with Crippen molar-refractivity contribution in [1.82, 2.24) is 0 Å². The Kier molecular flexibility index (Phi) is 9.11. The third kappa shape index (κ3) is 7.94. The number of rotatable bonds is 9. The van der Waals surface area contributed by atoms with Gasteiger partial charge in [0.25, 0.3) is 0 Å². The molecule has 1 fully saturated rings. The lowest BCUT2D eigenvalue weighted by molar-refractivity contribution is -0.155. The van der Waals surface area contributed by atoms with Crippen LogP contribution in [0.1, 0.15) is 43.2 Å². The molecule has 1 saturated heterocycles. The number of hydrogen-bond acceptors (Lipinski definition) is 3. The molecular formula is C25H29NO2S. The summed E-state index contributed by atoms with van der Waals surface area (Å²) in [6.07, 6.45) is 13.4. The van der Waals surface area contributed by atoms with Crippen LogP contribution in [0.3, 0.4) is 0 Å². The first-order valence-corrected chi connectivity index (χ1v) is 10.7. The maximum atomic E-state index is 5.76. The fourth-order valence-electron chi connectivity index (χ4n) is 3.15. The molecule has 0 radical (unpaired) electrons. The van der Waals surface area contributed by atoms with Crippen LogP contribution >= 0.6 is 12.2 Å². The number of thiocarbonyl (C=S) groups is 1. The first-order chi connectivity index (χ1) is 14.3. The van der Waals surface area contributed by atoms with Crippen LogP contribution in [0.4, 0.5) is 5.69 Å². The summed E-state index contributed by atoms with van der Waals surface area (Å²) in [5, 5.41) is 3.38. The van der Waals surface area contributed by atoms with Crippen molar-refractivity contribution in [2.45, 2.75) is 38.4 Å². The van der Waals surface area contributed by atoms with Crippen molar-refractivity contribution in [3.05, 3.63) is 77.9 Å². The molecule has 4 heteroatoms. The summed E-state index contributed by atoms with van der Waals surface area (Å²) in [7, 11) is 0. The second-order valence-electron chi connectivity index (χ2n) is 7.02. The molecule has 3 rings (SSSR count). The molecule has 0 aromatic heterocycles. The van der Waals surface area contributed by atoms with Crippen LogP contribution in [-0.4, -0.2) is 24.5 Å². The number of benzene rings is 2. The van der Waals surface area contributed by atoms with Crippen LogP contribution in [0.2, 0.25) is 0 Å². The summed E-state index contributed by atoms with van der Waals surface area (Å²) in [4.78, 5) is 0.843. The Hall–Kier alpha value is -2.27. The van der Waals surface area contributed by atoms with Gasteiger partial charge in [-0.3, -0.25) is 0 Å². The van der Waals surface area contributed by atoms with Gasteiger partial charge in [-0.05, 0) is 42.9 Å². The zero-order valence-corrected chi connectivity index (χ0v) is 17.6. The number of nitrogens with one attached hydrogen (secondary N) is 1. The highest BCUT2D eigenvalue weighted by molar-refractivity contribution is 7.80. The summed E-state index contributed by atoms with van der Waals surface area (Å²) in [5.41, 5.74) is 3.33. The average molecular weight is 408 g/mol. The first-order valence-electron chi connectivity index (χ1n) is 10.3. The second kappa shape index (κ2) is 12.3. The molecule has 2 aromatic rings. The van der Waals surface area contributed by atoms with Gasteiger partial charge in [0, 0.05) is 18.7 Å². The van der Waals surface area contributed by atoms with Gasteiger partial charge in [0.1, 0.15) is 0 Å². The Labute approximate surface area is 179 Å². The topological polar surface area (TPSA) is 30.5 Å². The van der Waals surface area contributed by atoms with Gasteiger partial charge in [0.15, 0.2) is 6.29 Å². The standard InChI is InChI=1S/C25H29NO2S/c29-24(17-7-4-13-21-11-2-1-3-12-21)26-23-16-6-5-14-22(23)15-10-20-28-25-18-8-9-19-27-25/h1-6,10-16,25H,7-9,17-20H2,(H,26,29)/b13-4+,15-10-. The van der Waals surface area contributed by atoms with Gasteiger partial charge in [-0.15, -0.1) is 0 Å². The summed E-state index contributed by atoms with van der Waals surface area (Å²) < 4.78 is 11.4. The van der Waals surface area contributed by atoms with Crippen LogP contribution in [0.25, 0.3) is 12.2 Å². The molecule has 152 valence electrons. The number of allylic oxidation sites excluding steroid dienone is 1. The zero-order chi connectivity index (χ0) is 20.2. The van der Waals surface area contributed by atoms with E-state index in [4.69, 9.17) is 21.7 Å². The third-order valence-electron chi connectivity index (χ3n) is 4.70. The van der Waals surface area contributed by atoms with E-state index < -0.39 is 0 Å². The van der Waals surface area contributed by atoms with Gasteiger partial charge in [-0.2, -0.15) is 0 Å². The van der Waals surface area contributed by atoms with Crippen molar-refractivity contribution < 1.29 is 9.47 Å². The molecule has 3 nitrogen and oxygen atoms in total. The van der Waals surface area contributed by atoms with E-state index in [1.54, 1.807) is 0 Å². The number of anilines is 1. The molecule has 0 saturated carbocycles. The Morgan fingerprint density at radius 1 is 1.03 bits per heavy atom. The SMILES string of the molecule is S=C(CC/C=C/c1ccccc1)Nc1ccccc1/C=C\COC1CCCCO1. The van der Waals surface area contributed by atoms with Crippen molar-refractivity contribution in [1.29, 1.82) is 0 Å². The fraction of sp³-hybridized carbons (Fsp3) is 0.320. The quantitative estimate of drug-likeness (QED) is 0.482. The molecule has 0 amide bonds. The summed E-state index contributed by atoms with van der Waals surface area (Å²) in [5.74, 6) is 0. The Morgan fingerprint density at radius 3 is 2.69 bits per heavy atom.